The smallest absolute Gasteiger partial charge is 0.193 e. The molecule has 1 aliphatic carbocycles. The summed E-state index contributed by atoms with van der Waals surface area (Å²) in [6.45, 7) is 1.50. The van der Waals surface area contributed by atoms with Crippen molar-refractivity contribution in [2.45, 2.75) is 18.0 Å². The third-order valence-electron chi connectivity index (χ3n) is 2.81. The summed E-state index contributed by atoms with van der Waals surface area (Å²) in [4.78, 5) is 0. The van der Waals surface area contributed by atoms with Crippen molar-refractivity contribution in [2.24, 2.45) is 0 Å². The van der Waals surface area contributed by atoms with E-state index in [9.17, 15) is 0 Å². The molecule has 2 aliphatic heterocycles. The Labute approximate surface area is 95.9 Å². The fourth-order valence-corrected chi connectivity index (χ4v) is 2.42. The zero-order chi connectivity index (χ0) is 10.3. The lowest BCUT2D eigenvalue weighted by atomic mass is 9.91. The van der Waals surface area contributed by atoms with Crippen LogP contribution in [0.5, 0.6) is 0 Å². The van der Waals surface area contributed by atoms with Crippen LogP contribution in [0.25, 0.3) is 0 Å². The van der Waals surface area contributed by atoms with Gasteiger partial charge in [0.15, 0.2) is 11.9 Å². The quantitative estimate of drug-likeness (QED) is 0.723. The van der Waals surface area contributed by atoms with Gasteiger partial charge in [0.05, 0.1) is 13.2 Å². The van der Waals surface area contributed by atoms with Crippen LogP contribution in [0.15, 0.2) is 22.7 Å². The second kappa shape index (κ2) is 3.68. The molecule has 3 rings (SSSR count). The van der Waals surface area contributed by atoms with Gasteiger partial charge in [-0.2, -0.15) is 0 Å². The highest BCUT2D eigenvalue weighted by Gasteiger charge is 2.53. The van der Waals surface area contributed by atoms with E-state index in [1.165, 1.54) is 0 Å². The minimum atomic E-state index is -0.603. The molecule has 0 amide bonds. The number of halogens is 1. The molecule has 0 spiro atoms. The molecule has 2 atom stereocenters. The molecule has 4 nitrogen and oxygen atoms in total. The van der Waals surface area contributed by atoms with E-state index in [0.717, 1.165) is 4.48 Å². The summed E-state index contributed by atoms with van der Waals surface area (Å²) >= 11 is 3.41. The Bertz CT molecular complexity index is 321. The summed E-state index contributed by atoms with van der Waals surface area (Å²) in [5, 5.41) is 0. The third kappa shape index (κ3) is 1.50. The van der Waals surface area contributed by atoms with Crippen molar-refractivity contribution in [3.63, 3.8) is 0 Å². The molecule has 0 aromatic heterocycles. The van der Waals surface area contributed by atoms with Crippen molar-refractivity contribution in [3.8, 4) is 0 Å². The van der Waals surface area contributed by atoms with Crippen molar-refractivity contribution in [2.75, 3.05) is 20.0 Å². The normalized spacial score (nSPS) is 40.6. The molecule has 2 fully saturated rings. The summed E-state index contributed by atoms with van der Waals surface area (Å²) in [5.41, 5.74) is -0.603. The zero-order valence-electron chi connectivity index (χ0n) is 8.02. The van der Waals surface area contributed by atoms with E-state index in [1.54, 1.807) is 0 Å². The molecule has 3 aliphatic rings. The summed E-state index contributed by atoms with van der Waals surface area (Å²) in [6.07, 6.45) is 5.36. The molecule has 0 radical (unpaired) electrons. The Balaban J connectivity index is 1.92. The molecular weight excluding hydrogens is 264 g/mol. The van der Waals surface area contributed by atoms with E-state index in [2.05, 4.69) is 15.9 Å². The van der Waals surface area contributed by atoms with Crippen molar-refractivity contribution >= 4 is 15.9 Å². The van der Waals surface area contributed by atoms with Crippen LogP contribution in [0.3, 0.4) is 0 Å². The van der Waals surface area contributed by atoms with Crippen LogP contribution in [-0.4, -0.2) is 38.0 Å². The highest BCUT2D eigenvalue weighted by molar-refractivity contribution is 9.11. The topological polar surface area (TPSA) is 36.9 Å². The Morgan fingerprint density at radius 2 is 2.07 bits per heavy atom. The number of allylic oxidation sites excluding steroid dienone is 2. The molecule has 15 heavy (non-hydrogen) atoms. The van der Waals surface area contributed by atoms with E-state index in [0.29, 0.717) is 13.2 Å². The maximum atomic E-state index is 5.65. The van der Waals surface area contributed by atoms with E-state index < -0.39 is 5.60 Å². The number of ether oxygens (including phenoxy) is 4. The van der Waals surface area contributed by atoms with Crippen molar-refractivity contribution in [3.05, 3.63) is 22.7 Å². The van der Waals surface area contributed by atoms with E-state index in [4.69, 9.17) is 18.9 Å². The predicted molar refractivity (Wildman–Crippen MR) is 55.4 cm³/mol. The maximum Gasteiger partial charge on any atom is 0.193 e. The Morgan fingerprint density at radius 1 is 1.27 bits per heavy atom. The first-order valence-corrected chi connectivity index (χ1v) is 5.66. The number of rotatable bonds is 1. The molecule has 2 saturated heterocycles. The Morgan fingerprint density at radius 3 is 2.87 bits per heavy atom. The van der Waals surface area contributed by atoms with E-state index in [-0.39, 0.29) is 19.2 Å². The summed E-state index contributed by atoms with van der Waals surface area (Å²) < 4.78 is 23.2. The van der Waals surface area contributed by atoms with Gasteiger partial charge >= 0.3 is 0 Å². The van der Waals surface area contributed by atoms with Crippen LogP contribution < -0.4 is 0 Å². The van der Waals surface area contributed by atoms with Crippen LogP contribution in [0.4, 0.5) is 0 Å². The van der Waals surface area contributed by atoms with E-state index >= 15 is 0 Å². The largest absolute Gasteiger partial charge is 0.347 e. The molecule has 0 aromatic rings. The molecule has 2 unspecified atom stereocenters. The van der Waals surface area contributed by atoms with Crippen molar-refractivity contribution < 1.29 is 18.9 Å². The first-order valence-electron chi connectivity index (χ1n) is 4.86. The van der Waals surface area contributed by atoms with Crippen molar-refractivity contribution in [1.29, 1.82) is 0 Å². The SMILES string of the molecule is BrC1=CC2OCOC2(C2OCCO2)C=C1. The number of fused-ring (bicyclic) bond motifs is 1. The van der Waals surface area contributed by atoms with Gasteiger partial charge in [0.25, 0.3) is 0 Å². The molecule has 5 heteroatoms. The molecule has 82 valence electrons. The maximum absolute atomic E-state index is 5.65. The Hall–Kier alpha value is -0.200. The van der Waals surface area contributed by atoms with Gasteiger partial charge in [-0.3, -0.25) is 0 Å². The first-order chi connectivity index (χ1) is 7.31. The lowest BCUT2D eigenvalue weighted by Gasteiger charge is -2.33. The second-order valence-electron chi connectivity index (χ2n) is 3.66. The minimum Gasteiger partial charge on any atom is -0.347 e. The zero-order valence-corrected chi connectivity index (χ0v) is 9.61. The molecule has 2 heterocycles. The van der Waals surface area contributed by atoms with Crippen LogP contribution in [0.1, 0.15) is 0 Å². The second-order valence-corrected chi connectivity index (χ2v) is 4.58. The number of hydrogen-bond acceptors (Lipinski definition) is 4. The monoisotopic (exact) mass is 274 g/mol. The average Bonchev–Trinajstić information content (AvgIpc) is 2.85. The van der Waals surface area contributed by atoms with Crippen LogP contribution in [-0.2, 0) is 18.9 Å². The fraction of sp³-hybridized carbons (Fsp3) is 0.600. The number of hydrogen-bond donors (Lipinski definition) is 0. The molecule has 0 saturated carbocycles. The lowest BCUT2D eigenvalue weighted by Crippen LogP contribution is -2.49. The third-order valence-corrected chi connectivity index (χ3v) is 3.33. The Kier molecular flexibility index (Phi) is 2.45. The van der Waals surface area contributed by atoms with Gasteiger partial charge in [-0.25, -0.2) is 0 Å². The lowest BCUT2D eigenvalue weighted by molar-refractivity contribution is -0.165. The van der Waals surface area contributed by atoms with Crippen LogP contribution in [0.2, 0.25) is 0 Å². The average molecular weight is 275 g/mol. The van der Waals surface area contributed by atoms with Gasteiger partial charge in [0, 0.05) is 4.48 Å². The van der Waals surface area contributed by atoms with Gasteiger partial charge in [0.2, 0.25) is 0 Å². The highest BCUT2D eigenvalue weighted by Crippen LogP contribution is 2.39. The molecule has 0 bridgehead atoms. The standard InChI is InChI=1S/C10H11BrO4/c11-7-1-2-10(9-12-3-4-13-9)8(5-7)14-6-15-10/h1-2,5,8-9H,3-4,6H2. The van der Waals surface area contributed by atoms with Gasteiger partial charge in [-0.15, -0.1) is 0 Å². The minimum absolute atomic E-state index is 0.139. The first kappa shape index (κ1) is 9.99. The highest BCUT2D eigenvalue weighted by atomic mass is 79.9. The van der Waals surface area contributed by atoms with Gasteiger partial charge in [-0.1, -0.05) is 15.9 Å². The summed E-state index contributed by atoms with van der Waals surface area (Å²) in [5.74, 6) is 0. The van der Waals surface area contributed by atoms with Crippen LogP contribution >= 0.6 is 15.9 Å². The molecule has 0 aromatic carbocycles. The van der Waals surface area contributed by atoms with Crippen LogP contribution in [0, 0.1) is 0 Å². The van der Waals surface area contributed by atoms with E-state index in [1.807, 2.05) is 18.2 Å². The van der Waals surface area contributed by atoms with Gasteiger partial charge < -0.3 is 18.9 Å². The predicted octanol–water partition coefficient (Wildman–Crippen LogP) is 1.32. The summed E-state index contributed by atoms with van der Waals surface area (Å²) in [6, 6.07) is 0. The molecular formula is C10H11BrO4. The van der Waals surface area contributed by atoms with Crippen molar-refractivity contribution in [1.82, 2.24) is 0 Å². The van der Waals surface area contributed by atoms with Gasteiger partial charge in [-0.05, 0) is 18.2 Å². The molecule has 0 N–H and O–H groups in total. The summed E-state index contributed by atoms with van der Waals surface area (Å²) in [7, 11) is 0. The fourth-order valence-electron chi connectivity index (χ4n) is 2.05. The van der Waals surface area contributed by atoms with Gasteiger partial charge in [0.1, 0.15) is 12.9 Å².